The van der Waals surface area contributed by atoms with Crippen LogP contribution in [-0.2, 0) is 28.2 Å². The highest BCUT2D eigenvalue weighted by atomic mass is 15.0. The van der Waals surface area contributed by atoms with Crippen molar-refractivity contribution in [2.75, 3.05) is 0 Å². The van der Waals surface area contributed by atoms with E-state index >= 15 is 0 Å². The summed E-state index contributed by atoms with van der Waals surface area (Å²) >= 11 is 0. The van der Waals surface area contributed by atoms with E-state index in [1.807, 2.05) is 7.05 Å². The predicted octanol–water partition coefficient (Wildman–Crippen LogP) is 6.42. The number of hydrogen-bond acceptors (Lipinski definition) is 2. The van der Waals surface area contributed by atoms with E-state index in [2.05, 4.69) is 202 Å². The summed E-state index contributed by atoms with van der Waals surface area (Å²) in [5.41, 5.74) is 15.1. The van der Waals surface area contributed by atoms with E-state index in [0.717, 1.165) is 83.9 Å². The van der Waals surface area contributed by atoms with Gasteiger partial charge in [-0.05, 0) is 71.3 Å². The number of aromatic amines is 1. The molecule has 8 heteroatoms. The van der Waals surface area contributed by atoms with Gasteiger partial charge in [0.25, 0.3) is 0 Å². The zero-order chi connectivity index (χ0) is 35.3. The van der Waals surface area contributed by atoms with Crippen LogP contribution in [0.4, 0.5) is 0 Å². The van der Waals surface area contributed by atoms with Crippen molar-refractivity contribution in [1.29, 1.82) is 0 Å². The van der Waals surface area contributed by atoms with Crippen LogP contribution in [0.2, 0.25) is 0 Å². The fourth-order valence-electron chi connectivity index (χ4n) is 7.07. The highest BCUT2D eigenvalue weighted by Crippen LogP contribution is 2.46. The lowest BCUT2D eigenvalue weighted by Gasteiger charge is -2.12. The van der Waals surface area contributed by atoms with Gasteiger partial charge in [-0.2, -0.15) is 0 Å². The Bertz CT molecular complexity index is 2730. The zero-order valence-corrected chi connectivity index (χ0v) is 29.6. The summed E-state index contributed by atoms with van der Waals surface area (Å²) in [6, 6.07) is 28.2. The van der Waals surface area contributed by atoms with Crippen LogP contribution in [0.15, 0.2) is 128 Å². The molecule has 0 saturated carbocycles. The van der Waals surface area contributed by atoms with Crippen molar-refractivity contribution in [3.05, 3.63) is 151 Å². The van der Waals surface area contributed by atoms with Crippen LogP contribution in [0.1, 0.15) is 22.8 Å². The van der Waals surface area contributed by atoms with Crippen LogP contribution in [0, 0.1) is 0 Å². The summed E-state index contributed by atoms with van der Waals surface area (Å²) in [6.07, 6.45) is 25.3. The first-order valence-corrected chi connectivity index (χ1v) is 17.4. The van der Waals surface area contributed by atoms with E-state index in [1.165, 1.54) is 0 Å². The van der Waals surface area contributed by atoms with E-state index in [9.17, 15) is 0 Å². The first-order chi connectivity index (χ1) is 25.4. The van der Waals surface area contributed by atoms with Crippen LogP contribution < -0.4 is 18.3 Å². The van der Waals surface area contributed by atoms with Gasteiger partial charge in [-0.3, -0.25) is 0 Å². The van der Waals surface area contributed by atoms with Gasteiger partial charge < -0.3 is 9.55 Å². The normalized spacial score (nSPS) is 12.1. The molecule has 0 spiro atoms. The lowest BCUT2D eigenvalue weighted by Crippen LogP contribution is -2.26. The second-order valence-corrected chi connectivity index (χ2v) is 13.5. The SMILES string of the molecule is C[n+]1ccc(-c2c(-c3cc[n+](C)cc3)c3c(-c4cc[n+](C)cc4)c4nc(cc5ccc(cc6nc(cc2n3-c2cc[n+](C)cc2)C=C6)[nH]5)C=C4)cc1. The second-order valence-electron chi connectivity index (χ2n) is 13.5. The minimum absolute atomic E-state index is 0.874. The maximum atomic E-state index is 5.33. The molecule has 0 aromatic carbocycles. The fraction of sp³-hybridized carbons (Fsp3) is 0.0909. The van der Waals surface area contributed by atoms with Gasteiger partial charge in [0.1, 0.15) is 28.2 Å². The number of pyridine rings is 4. The van der Waals surface area contributed by atoms with Crippen molar-refractivity contribution >= 4 is 46.4 Å². The first-order valence-electron chi connectivity index (χ1n) is 17.4. The van der Waals surface area contributed by atoms with Crippen LogP contribution in [0.5, 0.6) is 0 Å². The molecule has 8 bridgehead atoms. The molecule has 7 aromatic heterocycles. The van der Waals surface area contributed by atoms with Gasteiger partial charge in [-0.1, -0.05) is 0 Å². The summed E-state index contributed by atoms with van der Waals surface area (Å²) in [5, 5.41) is 0. The standard InChI is InChI=1S/C44H37N8/c1-48-19-11-30(12-20-48)41-39-10-9-36(47-39)28-35-6-5-33(45-35)27-34-7-8-37(46-34)29-40-42(31-13-21-49(2)22-14-31)43(32-15-23-50(3)24-16-32)44(41)52(40)38-17-25-51(4)26-18-38/h5-29H,1-4H3/q+3/p+1. The summed E-state index contributed by atoms with van der Waals surface area (Å²) in [7, 11) is 8.21. The van der Waals surface area contributed by atoms with Crippen LogP contribution in [0.25, 0.3) is 85.4 Å². The maximum absolute atomic E-state index is 5.33. The smallest absolute Gasteiger partial charge is 0.170 e. The number of rotatable bonds is 4. The number of hydrogen-bond donors (Lipinski definition) is 1. The summed E-state index contributed by atoms with van der Waals surface area (Å²) < 4.78 is 10.7. The molecule has 250 valence electrons. The number of fused-ring (bicyclic) bond motifs is 8. The Balaban J connectivity index is 1.60. The third-order valence-electron chi connectivity index (χ3n) is 9.69. The monoisotopic (exact) mass is 678 g/mol. The maximum Gasteiger partial charge on any atom is 0.170 e. The van der Waals surface area contributed by atoms with Crippen molar-refractivity contribution in [2.45, 2.75) is 0 Å². The largest absolute Gasteiger partial charge is 0.355 e. The van der Waals surface area contributed by atoms with Gasteiger partial charge in [0, 0.05) is 76.3 Å². The van der Waals surface area contributed by atoms with E-state index in [0.29, 0.717) is 0 Å². The Morgan fingerprint density at radius 1 is 0.462 bits per heavy atom. The number of nitrogens with one attached hydrogen (secondary N) is 1. The van der Waals surface area contributed by atoms with Crippen LogP contribution >= 0.6 is 0 Å². The molecule has 8 nitrogen and oxygen atoms in total. The molecule has 1 N–H and O–H groups in total. The third kappa shape index (κ3) is 5.70. The molecule has 9 rings (SSSR count). The highest BCUT2D eigenvalue weighted by Gasteiger charge is 2.27. The Morgan fingerprint density at radius 3 is 1.46 bits per heavy atom. The lowest BCUT2D eigenvalue weighted by molar-refractivity contribution is -0.671. The minimum Gasteiger partial charge on any atom is -0.355 e. The molecule has 2 aliphatic heterocycles. The average Bonchev–Trinajstić information content (AvgIpc) is 3.95. The number of nitrogens with zero attached hydrogens (tertiary/aromatic N) is 7. The highest BCUT2D eigenvalue weighted by molar-refractivity contribution is 6.10. The predicted molar refractivity (Wildman–Crippen MR) is 205 cm³/mol. The van der Waals surface area contributed by atoms with E-state index < -0.39 is 0 Å². The van der Waals surface area contributed by atoms with E-state index in [-0.39, 0.29) is 0 Å². The number of H-pyrrole nitrogens is 1. The van der Waals surface area contributed by atoms with Crippen molar-refractivity contribution in [3.8, 4) is 39.1 Å². The molecule has 2 aliphatic rings. The molecule has 7 aromatic rings. The van der Waals surface area contributed by atoms with Crippen LogP contribution in [0.3, 0.4) is 0 Å². The molecule has 0 radical (unpaired) electrons. The van der Waals surface area contributed by atoms with Gasteiger partial charge >= 0.3 is 0 Å². The Hall–Kier alpha value is -6.80. The molecular formula is C44H38N8+4. The van der Waals surface area contributed by atoms with Crippen molar-refractivity contribution in [1.82, 2.24) is 19.5 Å². The van der Waals surface area contributed by atoms with Crippen molar-refractivity contribution in [2.24, 2.45) is 28.2 Å². The molecule has 0 aliphatic carbocycles. The second kappa shape index (κ2) is 12.5. The number of aryl methyl sites for hydroxylation is 4. The molecule has 9 heterocycles. The lowest BCUT2D eigenvalue weighted by atomic mass is 9.94. The summed E-state index contributed by atoms with van der Waals surface area (Å²) in [5.74, 6) is 0. The Morgan fingerprint density at radius 2 is 0.904 bits per heavy atom. The molecule has 0 fully saturated rings. The van der Waals surface area contributed by atoms with Gasteiger partial charge in [0.05, 0.1) is 39.5 Å². The quantitative estimate of drug-likeness (QED) is 0.219. The van der Waals surface area contributed by atoms with Crippen molar-refractivity contribution in [3.63, 3.8) is 0 Å². The van der Waals surface area contributed by atoms with Crippen molar-refractivity contribution < 1.29 is 18.3 Å². The molecule has 0 amide bonds. The van der Waals surface area contributed by atoms with Gasteiger partial charge in [-0.15, -0.1) is 0 Å². The molecule has 0 atom stereocenters. The zero-order valence-electron chi connectivity index (χ0n) is 29.6. The van der Waals surface area contributed by atoms with Gasteiger partial charge in [0.2, 0.25) is 0 Å². The van der Waals surface area contributed by atoms with E-state index in [1.54, 1.807) is 0 Å². The Kier molecular flexibility index (Phi) is 7.51. The Labute approximate surface area is 301 Å². The molecule has 0 unspecified atom stereocenters. The fourth-order valence-corrected chi connectivity index (χ4v) is 7.07. The molecule has 52 heavy (non-hydrogen) atoms. The average molecular weight is 679 g/mol. The summed E-state index contributed by atoms with van der Waals surface area (Å²) in [6.45, 7) is 0. The molecular weight excluding hydrogens is 641 g/mol. The minimum atomic E-state index is 0.874. The number of aromatic nitrogens is 8. The van der Waals surface area contributed by atoms with Gasteiger partial charge in [-0.25, -0.2) is 28.2 Å². The summed E-state index contributed by atoms with van der Waals surface area (Å²) in [4.78, 5) is 14.0. The van der Waals surface area contributed by atoms with Crippen LogP contribution in [-0.4, -0.2) is 19.5 Å². The third-order valence-corrected chi connectivity index (χ3v) is 9.69. The molecule has 0 saturated heterocycles. The van der Waals surface area contributed by atoms with E-state index in [4.69, 9.17) is 9.97 Å². The van der Waals surface area contributed by atoms with Gasteiger partial charge in [0.15, 0.2) is 49.6 Å². The first kappa shape index (κ1) is 31.2. The topological polar surface area (TPSA) is 62.0 Å².